The van der Waals surface area contributed by atoms with Gasteiger partial charge in [0, 0.05) is 5.56 Å². The van der Waals surface area contributed by atoms with Crippen molar-refractivity contribution >= 4 is 22.7 Å². The van der Waals surface area contributed by atoms with E-state index in [9.17, 15) is 14.0 Å². The molecule has 6 nitrogen and oxygen atoms in total. The van der Waals surface area contributed by atoms with Crippen molar-refractivity contribution in [2.75, 3.05) is 13.2 Å². The van der Waals surface area contributed by atoms with Gasteiger partial charge < -0.3 is 9.47 Å². The van der Waals surface area contributed by atoms with Crippen molar-refractivity contribution in [3.8, 4) is 23.3 Å². The molecule has 0 amide bonds. The molecule has 0 aliphatic carbocycles. The summed E-state index contributed by atoms with van der Waals surface area (Å²) in [4.78, 5) is 24.6. The SMILES string of the molecule is N#Cc1ccc(-c2ccc(C(=O)OCCCCCOC(=O)c3ccc4cc(C#N)ccc4c3)cc2F)cc1. The van der Waals surface area contributed by atoms with E-state index in [1.807, 2.05) is 6.07 Å². The number of nitrogens with zero attached hydrogens (tertiary/aromatic N) is 2. The number of rotatable bonds is 9. The summed E-state index contributed by atoms with van der Waals surface area (Å²) in [6, 6.07) is 25.2. The number of hydrogen-bond donors (Lipinski definition) is 0. The molecule has 38 heavy (non-hydrogen) atoms. The molecule has 0 atom stereocenters. The van der Waals surface area contributed by atoms with E-state index in [0.717, 1.165) is 16.8 Å². The number of ether oxygens (including phenoxy) is 2. The number of carbonyl (C=O) groups excluding carboxylic acids is 2. The average Bonchev–Trinajstić information content (AvgIpc) is 2.95. The monoisotopic (exact) mass is 506 g/mol. The molecule has 4 aromatic carbocycles. The van der Waals surface area contributed by atoms with Crippen molar-refractivity contribution in [2.45, 2.75) is 19.3 Å². The molecule has 0 saturated carbocycles. The van der Waals surface area contributed by atoms with Gasteiger partial charge in [0.15, 0.2) is 0 Å². The van der Waals surface area contributed by atoms with E-state index in [0.29, 0.717) is 47.1 Å². The Morgan fingerprint density at radius 3 is 1.84 bits per heavy atom. The summed E-state index contributed by atoms with van der Waals surface area (Å²) in [5.41, 5.74) is 2.54. The smallest absolute Gasteiger partial charge is 0.338 e. The summed E-state index contributed by atoms with van der Waals surface area (Å²) >= 11 is 0. The van der Waals surface area contributed by atoms with Crippen molar-refractivity contribution in [1.29, 1.82) is 10.5 Å². The first-order chi connectivity index (χ1) is 18.5. The zero-order valence-electron chi connectivity index (χ0n) is 20.4. The molecule has 0 bridgehead atoms. The Bertz CT molecular complexity index is 1570. The fourth-order valence-corrected chi connectivity index (χ4v) is 3.92. The Labute approximate surface area is 219 Å². The van der Waals surface area contributed by atoms with Crippen LogP contribution in [-0.2, 0) is 9.47 Å². The largest absolute Gasteiger partial charge is 0.462 e. The van der Waals surface area contributed by atoms with E-state index in [4.69, 9.17) is 20.0 Å². The van der Waals surface area contributed by atoms with E-state index < -0.39 is 17.8 Å². The predicted molar refractivity (Wildman–Crippen MR) is 140 cm³/mol. The van der Waals surface area contributed by atoms with Gasteiger partial charge in [0.25, 0.3) is 0 Å². The van der Waals surface area contributed by atoms with Gasteiger partial charge in [-0.3, -0.25) is 0 Å². The second kappa shape index (κ2) is 12.3. The van der Waals surface area contributed by atoms with Gasteiger partial charge in [-0.25, -0.2) is 14.0 Å². The minimum absolute atomic E-state index is 0.119. The van der Waals surface area contributed by atoms with E-state index >= 15 is 0 Å². The number of halogens is 1. The minimum Gasteiger partial charge on any atom is -0.462 e. The molecule has 0 radical (unpaired) electrons. The van der Waals surface area contributed by atoms with Gasteiger partial charge in [-0.15, -0.1) is 0 Å². The highest BCUT2D eigenvalue weighted by Gasteiger charge is 2.13. The van der Waals surface area contributed by atoms with Crippen LogP contribution >= 0.6 is 0 Å². The third kappa shape index (κ3) is 6.40. The number of esters is 2. The molecule has 7 heteroatoms. The molecule has 0 aliphatic heterocycles. The van der Waals surface area contributed by atoms with Gasteiger partial charge in [-0.1, -0.05) is 30.3 Å². The van der Waals surface area contributed by atoms with Gasteiger partial charge in [-0.2, -0.15) is 10.5 Å². The maximum atomic E-state index is 14.6. The Kier molecular flexibility index (Phi) is 8.43. The Hall–Kier alpha value is -5.01. The minimum atomic E-state index is -0.611. The van der Waals surface area contributed by atoms with E-state index in [2.05, 4.69) is 6.07 Å². The fourth-order valence-electron chi connectivity index (χ4n) is 3.92. The van der Waals surface area contributed by atoms with Crippen molar-refractivity contribution in [3.05, 3.63) is 107 Å². The van der Waals surface area contributed by atoms with Crippen LogP contribution in [0.15, 0.2) is 78.9 Å². The van der Waals surface area contributed by atoms with Crippen LogP contribution in [0.2, 0.25) is 0 Å². The third-order valence-corrected chi connectivity index (χ3v) is 5.99. The van der Waals surface area contributed by atoms with Crippen molar-refractivity contribution in [2.24, 2.45) is 0 Å². The molecular formula is C31H23FN2O4. The second-order valence-electron chi connectivity index (χ2n) is 8.60. The normalized spacial score (nSPS) is 10.4. The van der Waals surface area contributed by atoms with Gasteiger partial charge in [0.2, 0.25) is 0 Å². The third-order valence-electron chi connectivity index (χ3n) is 5.99. The maximum absolute atomic E-state index is 14.6. The zero-order chi connectivity index (χ0) is 26.9. The topological polar surface area (TPSA) is 100 Å². The van der Waals surface area contributed by atoms with Crippen LogP contribution in [0, 0.1) is 28.5 Å². The molecule has 0 unspecified atom stereocenters. The average molecular weight is 507 g/mol. The summed E-state index contributed by atoms with van der Waals surface area (Å²) in [6.07, 6.45) is 1.86. The number of hydrogen-bond acceptors (Lipinski definition) is 6. The molecule has 4 rings (SSSR count). The molecule has 0 saturated heterocycles. The fraction of sp³-hybridized carbons (Fsp3) is 0.161. The van der Waals surface area contributed by atoms with Crippen LogP contribution in [0.4, 0.5) is 4.39 Å². The zero-order valence-corrected chi connectivity index (χ0v) is 20.4. The van der Waals surface area contributed by atoms with Gasteiger partial charge in [0.1, 0.15) is 5.82 Å². The first-order valence-corrected chi connectivity index (χ1v) is 12.1. The van der Waals surface area contributed by atoms with Crippen LogP contribution in [0.5, 0.6) is 0 Å². The van der Waals surface area contributed by atoms with Crippen LogP contribution in [0.3, 0.4) is 0 Å². The van der Waals surface area contributed by atoms with Crippen LogP contribution in [-0.4, -0.2) is 25.2 Å². The van der Waals surface area contributed by atoms with Crippen LogP contribution < -0.4 is 0 Å². The predicted octanol–water partition coefficient (Wildman–Crippen LogP) is 6.57. The maximum Gasteiger partial charge on any atom is 0.338 e. The number of carbonyl (C=O) groups is 2. The summed E-state index contributed by atoms with van der Waals surface area (Å²) in [7, 11) is 0. The Balaban J connectivity index is 1.17. The van der Waals surface area contributed by atoms with Crippen molar-refractivity contribution in [1.82, 2.24) is 0 Å². The second-order valence-corrected chi connectivity index (χ2v) is 8.60. The number of fused-ring (bicyclic) bond motifs is 1. The van der Waals surface area contributed by atoms with Crippen molar-refractivity contribution in [3.63, 3.8) is 0 Å². The standard InChI is InChI=1S/C31H23FN2O4/c32-29-18-27(12-13-28(29)23-7-4-21(19-33)5-8-23)31(36)38-15-3-1-2-14-37-30(35)26-11-10-24-16-22(20-34)6-9-25(24)17-26/h4-13,16-18H,1-3,14-15H2. The molecule has 188 valence electrons. The molecular weight excluding hydrogens is 483 g/mol. The molecule has 0 N–H and O–H groups in total. The van der Waals surface area contributed by atoms with E-state index in [-0.39, 0.29) is 18.8 Å². The highest BCUT2D eigenvalue weighted by molar-refractivity contribution is 5.95. The van der Waals surface area contributed by atoms with Crippen LogP contribution in [0.1, 0.15) is 51.1 Å². The lowest BCUT2D eigenvalue weighted by atomic mass is 10.0. The molecule has 0 spiro atoms. The number of nitriles is 2. The molecule has 0 aromatic heterocycles. The Morgan fingerprint density at radius 2 is 1.21 bits per heavy atom. The van der Waals surface area contributed by atoms with Crippen molar-refractivity contribution < 1.29 is 23.5 Å². The Morgan fingerprint density at radius 1 is 0.658 bits per heavy atom. The lowest BCUT2D eigenvalue weighted by Crippen LogP contribution is -2.08. The molecule has 0 heterocycles. The lowest BCUT2D eigenvalue weighted by Gasteiger charge is -2.08. The lowest BCUT2D eigenvalue weighted by molar-refractivity contribution is 0.0478. The molecule has 4 aromatic rings. The highest BCUT2D eigenvalue weighted by atomic mass is 19.1. The first-order valence-electron chi connectivity index (χ1n) is 12.1. The summed E-state index contributed by atoms with van der Waals surface area (Å²) < 4.78 is 25.2. The summed E-state index contributed by atoms with van der Waals surface area (Å²) in [5.74, 6) is -1.58. The summed E-state index contributed by atoms with van der Waals surface area (Å²) in [6.45, 7) is 0.404. The van der Waals surface area contributed by atoms with Gasteiger partial charge in [0.05, 0.1) is 47.6 Å². The van der Waals surface area contributed by atoms with E-state index in [1.165, 1.54) is 12.1 Å². The quantitative estimate of drug-likeness (QED) is 0.188. The van der Waals surface area contributed by atoms with Crippen LogP contribution in [0.25, 0.3) is 21.9 Å². The van der Waals surface area contributed by atoms with Gasteiger partial charge in [-0.05, 0) is 84.1 Å². The highest BCUT2D eigenvalue weighted by Crippen LogP contribution is 2.24. The molecule has 0 aliphatic rings. The van der Waals surface area contributed by atoms with Gasteiger partial charge >= 0.3 is 11.9 Å². The molecule has 0 fully saturated rings. The number of unbranched alkanes of at least 4 members (excludes halogenated alkanes) is 2. The van der Waals surface area contributed by atoms with E-state index in [1.54, 1.807) is 60.7 Å². The summed E-state index contributed by atoms with van der Waals surface area (Å²) in [5, 5.41) is 19.6. The number of benzene rings is 4. The first kappa shape index (κ1) is 26.1.